The topological polar surface area (TPSA) is 67.8 Å². The smallest absolute Gasteiger partial charge is 0.0897 e. The van der Waals surface area contributed by atoms with E-state index in [0.717, 1.165) is 13.1 Å². The molecule has 1 saturated heterocycles. The van der Waals surface area contributed by atoms with Crippen molar-refractivity contribution in [2.45, 2.75) is 12.1 Å². The molecule has 0 bridgehead atoms. The van der Waals surface area contributed by atoms with Gasteiger partial charge in [0.25, 0.3) is 0 Å². The Bertz CT molecular complexity index is 648. The molecule has 3 unspecified atom stereocenters. The number of hydrazine groups is 1. The Balaban J connectivity index is 1.66. The van der Waals surface area contributed by atoms with Gasteiger partial charge in [-0.05, 0) is 23.7 Å². The lowest BCUT2D eigenvalue weighted by Crippen LogP contribution is -2.36. The van der Waals surface area contributed by atoms with Gasteiger partial charge in [-0.15, -0.1) is 0 Å². The lowest BCUT2D eigenvalue weighted by atomic mass is 9.93. The highest BCUT2D eigenvalue weighted by Crippen LogP contribution is 2.28. The molecule has 25 heavy (non-hydrogen) atoms. The molecular weight excluding hydrogens is 314 g/mol. The Morgan fingerprint density at radius 1 is 1.08 bits per heavy atom. The van der Waals surface area contributed by atoms with E-state index in [9.17, 15) is 5.11 Å². The Morgan fingerprint density at radius 3 is 2.44 bits per heavy atom. The van der Waals surface area contributed by atoms with Gasteiger partial charge in [-0.1, -0.05) is 54.6 Å². The van der Waals surface area contributed by atoms with Crippen LogP contribution >= 0.6 is 0 Å². The summed E-state index contributed by atoms with van der Waals surface area (Å²) in [5, 5.41) is 18.6. The van der Waals surface area contributed by atoms with E-state index in [2.05, 4.69) is 64.3 Å². The monoisotopic (exact) mass is 341 g/mol. The first kappa shape index (κ1) is 18.0. The largest absolute Gasteiger partial charge is 0.394 e. The predicted molar refractivity (Wildman–Crippen MR) is 99.8 cm³/mol. The van der Waals surface area contributed by atoms with Crippen LogP contribution in [0.15, 0.2) is 54.6 Å². The van der Waals surface area contributed by atoms with Crippen molar-refractivity contribution >= 4 is 0 Å². The van der Waals surface area contributed by atoms with Gasteiger partial charge in [-0.3, -0.25) is 5.43 Å². The molecule has 0 saturated carbocycles. The molecule has 4 N–H and O–H groups in total. The number of rotatable bonds is 7. The summed E-state index contributed by atoms with van der Waals surface area (Å²) >= 11 is 0. The minimum atomic E-state index is -0.684. The molecule has 3 atom stereocenters. The van der Waals surface area contributed by atoms with Crippen LogP contribution in [0.25, 0.3) is 11.1 Å². The van der Waals surface area contributed by atoms with Crippen molar-refractivity contribution in [3.05, 3.63) is 60.2 Å². The van der Waals surface area contributed by atoms with E-state index in [4.69, 9.17) is 5.11 Å². The number of hydrogen-bond acceptors (Lipinski definition) is 5. The number of aliphatic hydroxyl groups is 2. The molecule has 5 heteroatoms. The fourth-order valence-electron chi connectivity index (χ4n) is 3.47. The Kier molecular flexibility index (Phi) is 6.18. The Labute approximate surface area is 149 Å². The summed E-state index contributed by atoms with van der Waals surface area (Å²) in [4.78, 5) is 2.07. The van der Waals surface area contributed by atoms with E-state index >= 15 is 0 Å². The molecule has 1 fully saturated rings. The van der Waals surface area contributed by atoms with Crippen LogP contribution in [0.2, 0.25) is 0 Å². The molecule has 2 aromatic rings. The highest BCUT2D eigenvalue weighted by molar-refractivity contribution is 5.63. The first-order valence-corrected chi connectivity index (χ1v) is 8.78. The predicted octanol–water partition coefficient (Wildman–Crippen LogP) is 1.40. The van der Waals surface area contributed by atoms with Crippen LogP contribution < -0.4 is 10.9 Å². The van der Waals surface area contributed by atoms with Crippen LogP contribution in [0.4, 0.5) is 0 Å². The summed E-state index contributed by atoms with van der Waals surface area (Å²) < 4.78 is 0. The van der Waals surface area contributed by atoms with Gasteiger partial charge in [-0.2, -0.15) is 0 Å². The third-order valence-electron chi connectivity index (χ3n) is 4.75. The summed E-state index contributed by atoms with van der Waals surface area (Å²) in [5.74, 6) is 0.401. The summed E-state index contributed by atoms with van der Waals surface area (Å²) in [6.07, 6.45) is -0.684. The fourth-order valence-corrected chi connectivity index (χ4v) is 3.47. The van der Waals surface area contributed by atoms with E-state index < -0.39 is 6.10 Å². The first-order valence-electron chi connectivity index (χ1n) is 8.78. The second-order valence-corrected chi connectivity index (χ2v) is 6.81. The van der Waals surface area contributed by atoms with Gasteiger partial charge < -0.3 is 15.1 Å². The van der Waals surface area contributed by atoms with Gasteiger partial charge in [0.05, 0.1) is 18.8 Å². The van der Waals surface area contributed by atoms with Crippen LogP contribution in [-0.2, 0) is 0 Å². The maximum absolute atomic E-state index is 9.60. The summed E-state index contributed by atoms with van der Waals surface area (Å²) in [7, 11) is 1.98. The van der Waals surface area contributed by atoms with Crippen LogP contribution in [0.3, 0.4) is 0 Å². The average Bonchev–Trinajstić information content (AvgIpc) is 3.10. The Morgan fingerprint density at radius 2 is 1.76 bits per heavy atom. The van der Waals surface area contributed by atoms with Crippen molar-refractivity contribution in [2.24, 2.45) is 5.92 Å². The number of benzene rings is 2. The maximum atomic E-state index is 9.60. The quantitative estimate of drug-likeness (QED) is 0.613. The summed E-state index contributed by atoms with van der Waals surface area (Å²) in [6, 6.07) is 19.3. The van der Waals surface area contributed by atoms with Crippen LogP contribution in [0.1, 0.15) is 11.6 Å². The Hall–Kier alpha value is -1.76. The normalized spacial score (nSPS) is 21.6. The highest BCUT2D eigenvalue weighted by atomic mass is 16.3. The van der Waals surface area contributed by atoms with E-state index in [0.29, 0.717) is 12.5 Å². The molecule has 5 nitrogen and oxygen atoms in total. The van der Waals surface area contributed by atoms with Gasteiger partial charge >= 0.3 is 0 Å². The fraction of sp³-hybridized carbons (Fsp3) is 0.400. The molecule has 0 aromatic heterocycles. The number of likely N-dealkylation sites (N-methyl/N-ethyl adjacent to an activating group) is 1. The number of nitrogens with one attached hydrogen (secondary N) is 2. The van der Waals surface area contributed by atoms with E-state index in [1.165, 1.54) is 16.7 Å². The molecule has 0 amide bonds. The molecule has 3 rings (SSSR count). The minimum absolute atomic E-state index is 0.199. The zero-order valence-corrected chi connectivity index (χ0v) is 14.6. The second kappa shape index (κ2) is 8.56. The molecule has 1 aliphatic heterocycles. The number of nitrogens with zero attached hydrogens (tertiary/aromatic N) is 1. The second-order valence-electron chi connectivity index (χ2n) is 6.81. The van der Waals surface area contributed by atoms with Crippen molar-refractivity contribution < 1.29 is 10.2 Å². The van der Waals surface area contributed by atoms with Crippen LogP contribution in [0.5, 0.6) is 0 Å². The summed E-state index contributed by atoms with van der Waals surface area (Å²) in [6.45, 7) is 2.01. The number of hydrogen-bond donors (Lipinski definition) is 4. The molecule has 0 spiro atoms. The molecule has 2 aromatic carbocycles. The maximum Gasteiger partial charge on any atom is 0.0897 e. The van der Waals surface area contributed by atoms with Gasteiger partial charge in [0.15, 0.2) is 0 Å². The highest BCUT2D eigenvalue weighted by Gasteiger charge is 2.29. The van der Waals surface area contributed by atoms with Crippen molar-refractivity contribution in [1.82, 2.24) is 15.8 Å². The lowest BCUT2D eigenvalue weighted by Gasteiger charge is -2.26. The van der Waals surface area contributed by atoms with Crippen LogP contribution in [-0.4, -0.2) is 54.5 Å². The van der Waals surface area contributed by atoms with Crippen molar-refractivity contribution in [1.29, 1.82) is 0 Å². The minimum Gasteiger partial charge on any atom is -0.394 e. The zero-order valence-electron chi connectivity index (χ0n) is 14.6. The SMILES string of the molecule is CN(CC(O)CO)CC1CNNC1c1ccc(-c2ccccc2)cc1. The number of aliphatic hydroxyl groups excluding tert-OH is 2. The molecule has 0 radical (unpaired) electrons. The molecule has 134 valence electrons. The van der Waals surface area contributed by atoms with E-state index in [1.807, 2.05) is 13.1 Å². The van der Waals surface area contributed by atoms with Gasteiger partial charge in [-0.25, -0.2) is 5.43 Å². The average molecular weight is 341 g/mol. The zero-order chi connectivity index (χ0) is 17.6. The third-order valence-corrected chi connectivity index (χ3v) is 4.75. The van der Waals surface area contributed by atoms with Crippen molar-refractivity contribution in [3.8, 4) is 11.1 Å². The van der Waals surface area contributed by atoms with Gasteiger partial charge in [0.1, 0.15) is 0 Å². The van der Waals surface area contributed by atoms with Crippen molar-refractivity contribution in [3.63, 3.8) is 0 Å². The van der Waals surface area contributed by atoms with E-state index in [1.54, 1.807) is 0 Å². The molecular formula is C20H27N3O2. The van der Waals surface area contributed by atoms with Crippen molar-refractivity contribution in [2.75, 3.05) is 33.3 Å². The first-order chi connectivity index (χ1) is 12.2. The molecule has 0 aliphatic carbocycles. The molecule has 1 heterocycles. The van der Waals surface area contributed by atoms with Crippen LogP contribution in [0, 0.1) is 5.92 Å². The molecule has 1 aliphatic rings. The van der Waals surface area contributed by atoms with Gasteiger partial charge in [0.2, 0.25) is 0 Å². The van der Waals surface area contributed by atoms with E-state index in [-0.39, 0.29) is 12.6 Å². The summed E-state index contributed by atoms with van der Waals surface area (Å²) in [5.41, 5.74) is 10.3. The third kappa shape index (κ3) is 4.66. The van der Waals surface area contributed by atoms with Gasteiger partial charge in [0, 0.05) is 25.6 Å². The lowest BCUT2D eigenvalue weighted by molar-refractivity contribution is 0.0623. The standard InChI is InChI=1S/C20H27N3O2/c1-23(13-19(25)14-24)12-18-11-21-22-20(18)17-9-7-16(8-10-17)15-5-3-2-4-6-15/h2-10,18-22,24-25H,11-14H2,1H3.